The Bertz CT molecular complexity index is 850. The standard InChI is InChI=1S/C17H18N2O4S/c1-2-19(13-6-4-3-5-7-13)24(21,22)14-8-9-16-15(12-14)18-17(20)10-11-23-16/h3-9,12H,2,10-11H2,1H3,(H,18,20). The van der Waals surface area contributed by atoms with E-state index in [9.17, 15) is 13.2 Å². The lowest BCUT2D eigenvalue weighted by Crippen LogP contribution is -2.30. The fraction of sp³-hybridized carbons (Fsp3) is 0.235. The second-order valence-electron chi connectivity index (χ2n) is 5.31. The maximum Gasteiger partial charge on any atom is 0.264 e. The number of rotatable bonds is 4. The van der Waals surface area contributed by atoms with Gasteiger partial charge in [-0.3, -0.25) is 9.10 Å². The zero-order chi connectivity index (χ0) is 17.2. The molecule has 0 saturated carbocycles. The fourth-order valence-electron chi connectivity index (χ4n) is 2.57. The van der Waals surface area contributed by atoms with E-state index < -0.39 is 10.0 Å². The molecule has 1 aliphatic rings. The van der Waals surface area contributed by atoms with Gasteiger partial charge >= 0.3 is 0 Å². The summed E-state index contributed by atoms with van der Waals surface area (Å²) in [5.41, 5.74) is 0.970. The molecular weight excluding hydrogens is 328 g/mol. The van der Waals surface area contributed by atoms with Gasteiger partial charge in [0.15, 0.2) is 0 Å². The molecular formula is C17H18N2O4S. The third kappa shape index (κ3) is 3.07. The van der Waals surface area contributed by atoms with Crippen LogP contribution in [0.5, 0.6) is 5.75 Å². The minimum absolute atomic E-state index is 0.109. The van der Waals surface area contributed by atoms with Gasteiger partial charge in [-0.25, -0.2) is 8.42 Å². The third-order valence-electron chi connectivity index (χ3n) is 3.73. The number of carbonyl (C=O) groups excluding carboxylic acids is 1. The van der Waals surface area contributed by atoms with Crippen molar-refractivity contribution in [3.05, 3.63) is 48.5 Å². The average molecular weight is 346 g/mol. The zero-order valence-corrected chi connectivity index (χ0v) is 14.0. The number of benzene rings is 2. The van der Waals surface area contributed by atoms with Gasteiger partial charge in [0.25, 0.3) is 10.0 Å². The number of anilines is 2. The Morgan fingerprint density at radius 2 is 1.92 bits per heavy atom. The largest absolute Gasteiger partial charge is 0.491 e. The van der Waals surface area contributed by atoms with Gasteiger partial charge in [-0.15, -0.1) is 0 Å². The van der Waals surface area contributed by atoms with Gasteiger partial charge in [0, 0.05) is 6.54 Å². The molecule has 0 fully saturated rings. The molecule has 1 heterocycles. The second-order valence-corrected chi connectivity index (χ2v) is 7.17. The van der Waals surface area contributed by atoms with Gasteiger partial charge in [-0.05, 0) is 37.3 Å². The lowest BCUT2D eigenvalue weighted by atomic mass is 10.3. The van der Waals surface area contributed by atoms with Crippen LogP contribution in [-0.4, -0.2) is 27.5 Å². The molecule has 0 aromatic heterocycles. The SMILES string of the molecule is CCN(c1ccccc1)S(=O)(=O)c1ccc2c(c1)NC(=O)CCO2. The summed E-state index contributed by atoms with van der Waals surface area (Å²) in [6.45, 7) is 2.35. The maximum atomic E-state index is 13.0. The normalized spacial score (nSPS) is 14.1. The van der Waals surface area contributed by atoms with Crippen LogP contribution in [0.4, 0.5) is 11.4 Å². The van der Waals surface area contributed by atoms with E-state index in [1.165, 1.54) is 16.4 Å². The van der Waals surface area contributed by atoms with E-state index in [0.717, 1.165) is 0 Å². The van der Waals surface area contributed by atoms with Crippen molar-refractivity contribution >= 4 is 27.3 Å². The van der Waals surface area contributed by atoms with E-state index in [1.54, 1.807) is 37.3 Å². The van der Waals surface area contributed by atoms with E-state index in [-0.39, 0.29) is 23.8 Å². The molecule has 1 N–H and O–H groups in total. The van der Waals surface area contributed by atoms with Gasteiger partial charge < -0.3 is 10.1 Å². The highest BCUT2D eigenvalue weighted by molar-refractivity contribution is 7.92. The molecule has 0 atom stereocenters. The van der Waals surface area contributed by atoms with Crippen LogP contribution in [0.3, 0.4) is 0 Å². The first-order valence-corrected chi connectivity index (χ1v) is 9.11. The van der Waals surface area contributed by atoms with E-state index >= 15 is 0 Å². The molecule has 24 heavy (non-hydrogen) atoms. The molecule has 0 bridgehead atoms. The number of sulfonamides is 1. The molecule has 0 spiro atoms. The zero-order valence-electron chi connectivity index (χ0n) is 13.2. The monoisotopic (exact) mass is 346 g/mol. The van der Waals surface area contributed by atoms with Crippen LogP contribution < -0.4 is 14.4 Å². The van der Waals surface area contributed by atoms with Gasteiger partial charge in [0.2, 0.25) is 5.91 Å². The van der Waals surface area contributed by atoms with Crippen molar-refractivity contribution in [1.82, 2.24) is 0 Å². The Morgan fingerprint density at radius 3 is 2.62 bits per heavy atom. The third-order valence-corrected chi connectivity index (χ3v) is 5.63. The van der Waals surface area contributed by atoms with Crippen molar-refractivity contribution in [2.45, 2.75) is 18.2 Å². The van der Waals surface area contributed by atoms with Gasteiger partial charge in [0.05, 0.1) is 29.3 Å². The summed E-state index contributed by atoms with van der Waals surface area (Å²) in [5.74, 6) is 0.279. The summed E-state index contributed by atoms with van der Waals surface area (Å²) < 4.78 is 32.8. The van der Waals surface area contributed by atoms with Crippen molar-refractivity contribution in [2.24, 2.45) is 0 Å². The molecule has 7 heteroatoms. The highest BCUT2D eigenvalue weighted by Gasteiger charge is 2.25. The smallest absolute Gasteiger partial charge is 0.264 e. The Morgan fingerprint density at radius 1 is 1.17 bits per heavy atom. The van der Waals surface area contributed by atoms with Crippen molar-refractivity contribution in [2.75, 3.05) is 22.8 Å². The van der Waals surface area contributed by atoms with Gasteiger partial charge in [-0.1, -0.05) is 18.2 Å². The molecule has 0 saturated heterocycles. The van der Waals surface area contributed by atoms with Crippen LogP contribution in [0.1, 0.15) is 13.3 Å². The van der Waals surface area contributed by atoms with Crippen molar-refractivity contribution in [1.29, 1.82) is 0 Å². The number of amides is 1. The first-order valence-electron chi connectivity index (χ1n) is 7.67. The molecule has 2 aromatic rings. The second kappa shape index (κ2) is 6.52. The Hall–Kier alpha value is -2.54. The molecule has 126 valence electrons. The van der Waals surface area contributed by atoms with Crippen LogP contribution in [0.15, 0.2) is 53.4 Å². The van der Waals surface area contributed by atoms with Crippen LogP contribution >= 0.6 is 0 Å². The minimum atomic E-state index is -3.74. The molecule has 0 aliphatic carbocycles. The highest BCUT2D eigenvalue weighted by atomic mass is 32.2. The molecule has 0 radical (unpaired) electrons. The Labute approximate surface area is 141 Å². The van der Waals surface area contributed by atoms with Crippen LogP contribution in [0.25, 0.3) is 0 Å². The topological polar surface area (TPSA) is 75.7 Å². The summed E-state index contributed by atoms with van der Waals surface area (Å²) in [7, 11) is -3.74. The number of nitrogens with one attached hydrogen (secondary N) is 1. The average Bonchev–Trinajstić information content (AvgIpc) is 2.76. The van der Waals surface area contributed by atoms with Crippen LogP contribution in [0.2, 0.25) is 0 Å². The molecule has 1 amide bonds. The summed E-state index contributed by atoms with van der Waals surface area (Å²) in [6.07, 6.45) is 0.238. The molecule has 2 aromatic carbocycles. The number of carbonyl (C=O) groups is 1. The van der Waals surface area contributed by atoms with E-state index in [0.29, 0.717) is 23.7 Å². The number of fused-ring (bicyclic) bond motifs is 1. The highest BCUT2D eigenvalue weighted by Crippen LogP contribution is 2.32. The molecule has 3 rings (SSSR count). The van der Waals surface area contributed by atoms with Crippen LogP contribution in [0, 0.1) is 0 Å². The van der Waals surface area contributed by atoms with E-state index in [1.807, 2.05) is 6.07 Å². The quantitative estimate of drug-likeness (QED) is 0.923. The summed E-state index contributed by atoms with van der Waals surface area (Å²) >= 11 is 0. The molecule has 0 unspecified atom stereocenters. The Balaban J connectivity index is 2.02. The minimum Gasteiger partial charge on any atom is -0.491 e. The summed E-state index contributed by atoms with van der Waals surface area (Å²) in [6, 6.07) is 13.4. The number of ether oxygens (including phenoxy) is 1. The predicted molar refractivity (Wildman–Crippen MR) is 91.8 cm³/mol. The fourth-order valence-corrected chi connectivity index (χ4v) is 4.07. The van der Waals surface area contributed by atoms with Gasteiger partial charge in [0.1, 0.15) is 5.75 Å². The van der Waals surface area contributed by atoms with Crippen molar-refractivity contribution in [3.63, 3.8) is 0 Å². The predicted octanol–water partition coefficient (Wildman–Crippen LogP) is 2.62. The number of para-hydroxylation sites is 1. The Kier molecular flexibility index (Phi) is 4.44. The first kappa shape index (κ1) is 16.3. The molecule has 6 nitrogen and oxygen atoms in total. The van der Waals surface area contributed by atoms with Crippen molar-refractivity contribution < 1.29 is 17.9 Å². The summed E-state index contributed by atoms with van der Waals surface area (Å²) in [4.78, 5) is 11.8. The lowest BCUT2D eigenvalue weighted by molar-refractivity contribution is -0.116. The molecule has 1 aliphatic heterocycles. The lowest BCUT2D eigenvalue weighted by Gasteiger charge is -2.23. The maximum absolute atomic E-state index is 13.0. The van der Waals surface area contributed by atoms with E-state index in [2.05, 4.69) is 5.32 Å². The van der Waals surface area contributed by atoms with Crippen molar-refractivity contribution in [3.8, 4) is 5.75 Å². The number of nitrogens with zero attached hydrogens (tertiary/aromatic N) is 1. The number of hydrogen-bond acceptors (Lipinski definition) is 4. The first-order chi connectivity index (χ1) is 11.5. The van der Waals surface area contributed by atoms with Gasteiger partial charge in [-0.2, -0.15) is 0 Å². The summed E-state index contributed by atoms with van der Waals surface area (Å²) in [5, 5.41) is 2.68. The number of hydrogen-bond donors (Lipinski definition) is 1. The van der Waals surface area contributed by atoms with E-state index in [4.69, 9.17) is 4.74 Å². The van der Waals surface area contributed by atoms with Crippen LogP contribution in [-0.2, 0) is 14.8 Å².